The van der Waals surface area contributed by atoms with E-state index >= 15 is 0 Å². The molecule has 0 spiro atoms. The number of anilines is 2. The van der Waals surface area contributed by atoms with E-state index in [9.17, 15) is 5.11 Å². The van der Waals surface area contributed by atoms with Gasteiger partial charge >= 0.3 is 0 Å². The Morgan fingerprint density at radius 1 is 1.12 bits per heavy atom. The molecule has 178 valence electrons. The van der Waals surface area contributed by atoms with Gasteiger partial charge in [0.15, 0.2) is 5.65 Å². The molecule has 4 N–H and O–H groups in total. The summed E-state index contributed by atoms with van der Waals surface area (Å²) < 4.78 is 4.03. The van der Waals surface area contributed by atoms with Gasteiger partial charge in [-0.25, -0.2) is 9.97 Å². The van der Waals surface area contributed by atoms with E-state index < -0.39 is 0 Å². The molecule has 5 heterocycles. The summed E-state index contributed by atoms with van der Waals surface area (Å²) >= 11 is 0. The molecule has 2 fully saturated rings. The second kappa shape index (κ2) is 8.56. The van der Waals surface area contributed by atoms with Crippen LogP contribution in [-0.4, -0.2) is 54.8 Å². The molecule has 1 aliphatic heterocycles. The monoisotopic (exact) mass is 460 g/mol. The van der Waals surface area contributed by atoms with Gasteiger partial charge in [-0.05, 0) is 63.3 Å². The van der Waals surface area contributed by atoms with Crippen LogP contribution < -0.4 is 16.0 Å². The highest BCUT2D eigenvalue weighted by Crippen LogP contribution is 2.42. The van der Waals surface area contributed by atoms with Gasteiger partial charge < -0.3 is 25.5 Å². The van der Waals surface area contributed by atoms with E-state index in [1.165, 1.54) is 29.7 Å². The topological polar surface area (TPSA) is 104 Å². The van der Waals surface area contributed by atoms with E-state index in [0.29, 0.717) is 25.6 Å². The number of fused-ring (bicyclic) bond motifs is 2. The zero-order valence-electron chi connectivity index (χ0n) is 19.8. The third-order valence-corrected chi connectivity index (χ3v) is 7.06. The fourth-order valence-corrected chi connectivity index (χ4v) is 4.99. The molecule has 6 rings (SSSR count). The molecule has 4 aromatic rings. The average molecular weight is 461 g/mol. The number of piperidine rings is 1. The number of hydrogen-bond donors (Lipinski definition) is 4. The summed E-state index contributed by atoms with van der Waals surface area (Å²) in [6, 6.07) is 6.28. The third kappa shape index (κ3) is 4.10. The highest BCUT2D eigenvalue weighted by atomic mass is 16.3. The van der Waals surface area contributed by atoms with Crippen LogP contribution in [0.15, 0.2) is 30.6 Å². The van der Waals surface area contributed by atoms with Crippen molar-refractivity contribution in [2.24, 2.45) is 5.92 Å². The number of imidazole rings is 1. The van der Waals surface area contributed by atoms with Crippen molar-refractivity contribution in [3.05, 3.63) is 53.1 Å². The number of aliphatic hydroxyl groups is 1. The van der Waals surface area contributed by atoms with Crippen molar-refractivity contribution in [2.45, 2.75) is 51.7 Å². The predicted molar refractivity (Wildman–Crippen MR) is 132 cm³/mol. The maximum absolute atomic E-state index is 10.3. The summed E-state index contributed by atoms with van der Waals surface area (Å²) in [6.07, 6.45) is 7.07. The second-order valence-corrected chi connectivity index (χ2v) is 9.83. The van der Waals surface area contributed by atoms with Gasteiger partial charge in [-0.2, -0.15) is 9.61 Å². The molecule has 2 atom stereocenters. The van der Waals surface area contributed by atoms with E-state index in [1.807, 2.05) is 16.8 Å². The van der Waals surface area contributed by atoms with Gasteiger partial charge in [-0.15, -0.1) is 0 Å². The van der Waals surface area contributed by atoms with Crippen LogP contribution >= 0.6 is 0 Å². The molecule has 9 heteroatoms. The normalized spacial score (nSPS) is 20.8. The molecule has 4 aromatic heterocycles. The number of nitrogens with one attached hydrogen (secondary N) is 3. The predicted octanol–water partition coefficient (Wildman–Crippen LogP) is 2.87. The van der Waals surface area contributed by atoms with Crippen molar-refractivity contribution in [1.82, 2.24) is 29.3 Å². The van der Waals surface area contributed by atoms with E-state index in [-0.39, 0.29) is 12.0 Å². The lowest BCUT2D eigenvalue weighted by molar-refractivity contribution is 0.0883. The van der Waals surface area contributed by atoms with Crippen LogP contribution in [-0.2, 0) is 6.54 Å². The van der Waals surface area contributed by atoms with Gasteiger partial charge in [0.2, 0.25) is 0 Å². The first-order valence-electron chi connectivity index (χ1n) is 12.3. The summed E-state index contributed by atoms with van der Waals surface area (Å²) in [6.45, 7) is 7.08. The summed E-state index contributed by atoms with van der Waals surface area (Å²) in [4.78, 5) is 9.72. The van der Waals surface area contributed by atoms with Gasteiger partial charge in [0.1, 0.15) is 17.3 Å². The van der Waals surface area contributed by atoms with Crippen LogP contribution in [0.4, 0.5) is 11.6 Å². The van der Waals surface area contributed by atoms with Crippen molar-refractivity contribution in [2.75, 3.05) is 30.3 Å². The van der Waals surface area contributed by atoms with E-state index in [1.54, 1.807) is 0 Å². The molecule has 34 heavy (non-hydrogen) atoms. The van der Waals surface area contributed by atoms with Gasteiger partial charge in [0, 0.05) is 42.5 Å². The fraction of sp³-hybridized carbons (Fsp3) is 0.480. The lowest BCUT2D eigenvalue weighted by Gasteiger charge is -2.28. The molecular formula is C25H32N8O. The standard InChI is InChI=1S/C25H32N8O/c1-15-7-16(2)32-14-19(30-24(32)8-15)11-28-23-9-22(27-10-18-5-6-26-13-21(18)34)31-25-20(17-3-4-17)12-29-33(23)25/h7-9,12,14,17-18,21,26,28,34H,3-6,10-11,13H2,1-2H3,(H,27,31)/t18-,21+/m1/s1. The van der Waals surface area contributed by atoms with Crippen LogP contribution in [0.3, 0.4) is 0 Å². The molecule has 0 radical (unpaired) electrons. The number of pyridine rings is 1. The number of hydrogen-bond acceptors (Lipinski definition) is 7. The molecule has 0 aromatic carbocycles. The maximum atomic E-state index is 10.3. The Hall–Kier alpha value is -3.17. The average Bonchev–Trinajstić information content (AvgIpc) is 3.43. The van der Waals surface area contributed by atoms with Crippen LogP contribution in [0.1, 0.15) is 47.7 Å². The summed E-state index contributed by atoms with van der Waals surface area (Å²) in [5, 5.41) is 25.2. The molecule has 0 bridgehead atoms. The van der Waals surface area contributed by atoms with E-state index in [0.717, 1.165) is 41.6 Å². The van der Waals surface area contributed by atoms with Gasteiger partial charge in [-0.1, -0.05) is 0 Å². The minimum absolute atomic E-state index is 0.216. The van der Waals surface area contributed by atoms with Crippen LogP contribution in [0.5, 0.6) is 0 Å². The fourth-order valence-electron chi connectivity index (χ4n) is 4.99. The Morgan fingerprint density at radius 3 is 2.82 bits per heavy atom. The van der Waals surface area contributed by atoms with Gasteiger partial charge in [0.05, 0.1) is 24.5 Å². The Kier molecular flexibility index (Phi) is 5.38. The summed E-state index contributed by atoms with van der Waals surface area (Å²) in [5.74, 6) is 2.47. The molecular weight excluding hydrogens is 428 g/mol. The lowest BCUT2D eigenvalue weighted by atomic mass is 9.95. The lowest BCUT2D eigenvalue weighted by Crippen LogP contribution is -2.43. The number of rotatable bonds is 7. The molecule has 0 amide bonds. The Labute approximate surface area is 198 Å². The number of nitrogens with zero attached hydrogens (tertiary/aromatic N) is 5. The third-order valence-electron chi connectivity index (χ3n) is 7.06. The van der Waals surface area contributed by atoms with Crippen LogP contribution in [0.25, 0.3) is 11.3 Å². The summed E-state index contributed by atoms with van der Waals surface area (Å²) in [7, 11) is 0. The molecule has 1 saturated heterocycles. The van der Waals surface area contributed by atoms with E-state index in [2.05, 4.69) is 57.6 Å². The van der Waals surface area contributed by atoms with Gasteiger partial charge in [-0.3, -0.25) is 0 Å². The van der Waals surface area contributed by atoms with Crippen LogP contribution in [0.2, 0.25) is 0 Å². The van der Waals surface area contributed by atoms with Crippen molar-refractivity contribution in [3.63, 3.8) is 0 Å². The van der Waals surface area contributed by atoms with E-state index in [4.69, 9.17) is 9.97 Å². The Morgan fingerprint density at radius 2 is 2.00 bits per heavy atom. The number of β-amino-alcohol motifs (C(OH)–C–C–N with tert-alkyl or cyclic N) is 1. The second-order valence-electron chi connectivity index (χ2n) is 9.83. The molecule has 2 aliphatic rings. The quantitative estimate of drug-likeness (QED) is 0.336. The number of aliphatic hydroxyl groups excluding tert-OH is 1. The van der Waals surface area contributed by atoms with Crippen molar-refractivity contribution in [1.29, 1.82) is 0 Å². The zero-order chi connectivity index (χ0) is 23.2. The zero-order valence-corrected chi connectivity index (χ0v) is 19.8. The van der Waals surface area contributed by atoms with Gasteiger partial charge in [0.25, 0.3) is 0 Å². The first-order chi connectivity index (χ1) is 16.5. The SMILES string of the molecule is Cc1cc(C)n2cc(CNc3cc(NC[C@H]4CCNC[C@@H]4O)nc4c(C5CC5)cnn34)nc2c1. The highest BCUT2D eigenvalue weighted by Gasteiger charge is 2.28. The first kappa shape index (κ1) is 21.4. The Balaban J connectivity index is 1.27. The Bertz CT molecular complexity index is 1340. The maximum Gasteiger partial charge on any atom is 0.163 e. The number of aryl methyl sites for hydroxylation is 2. The molecule has 1 aliphatic carbocycles. The van der Waals surface area contributed by atoms with Crippen LogP contribution in [0, 0.1) is 19.8 Å². The highest BCUT2D eigenvalue weighted by molar-refractivity contribution is 5.61. The minimum atomic E-state index is -0.332. The number of aromatic nitrogens is 5. The minimum Gasteiger partial charge on any atom is -0.391 e. The van der Waals surface area contributed by atoms with Crippen molar-refractivity contribution < 1.29 is 5.11 Å². The molecule has 0 unspecified atom stereocenters. The largest absolute Gasteiger partial charge is 0.391 e. The first-order valence-corrected chi connectivity index (χ1v) is 12.3. The van der Waals surface area contributed by atoms with Crippen molar-refractivity contribution in [3.8, 4) is 0 Å². The smallest absolute Gasteiger partial charge is 0.163 e. The molecule has 9 nitrogen and oxygen atoms in total. The molecule has 1 saturated carbocycles. The van der Waals surface area contributed by atoms with Crippen molar-refractivity contribution >= 4 is 22.9 Å². The summed E-state index contributed by atoms with van der Waals surface area (Å²) in [5.41, 5.74) is 6.44.